The number of hydrogen-bond donors (Lipinski definition) is 2. The number of carbonyl (C=O) groups excluding carboxylic acids is 1. The van der Waals surface area contributed by atoms with Gasteiger partial charge in [0.2, 0.25) is 5.95 Å². The number of benzene rings is 1. The number of nitrogens with one attached hydrogen (secondary N) is 1. The normalized spacial score (nSPS) is 20.2. The van der Waals surface area contributed by atoms with Gasteiger partial charge in [-0.05, 0) is 19.4 Å². The van der Waals surface area contributed by atoms with Crippen molar-refractivity contribution in [1.82, 2.24) is 14.9 Å². The van der Waals surface area contributed by atoms with Crippen LogP contribution in [0.1, 0.15) is 35.8 Å². The van der Waals surface area contributed by atoms with Crippen LogP contribution in [0.15, 0.2) is 42.7 Å². The third-order valence-corrected chi connectivity index (χ3v) is 4.25. The lowest BCUT2D eigenvalue weighted by Gasteiger charge is -2.40. The highest BCUT2D eigenvalue weighted by atomic mass is 16.5. The molecule has 26 heavy (non-hydrogen) atoms. The number of rotatable bonds is 5. The van der Waals surface area contributed by atoms with Crippen LogP contribution in [0.25, 0.3) is 0 Å². The molecule has 0 bridgehead atoms. The fourth-order valence-electron chi connectivity index (χ4n) is 3.10. The minimum atomic E-state index is -0.460. The summed E-state index contributed by atoms with van der Waals surface area (Å²) in [5.41, 5.74) is 1.34. The summed E-state index contributed by atoms with van der Waals surface area (Å²) in [6.45, 7) is 4.66. The van der Waals surface area contributed by atoms with E-state index in [1.165, 1.54) is 12.4 Å². The fraction of sp³-hybridized carbons (Fsp3) is 0.421. The van der Waals surface area contributed by atoms with Crippen molar-refractivity contribution in [2.24, 2.45) is 0 Å². The summed E-state index contributed by atoms with van der Waals surface area (Å²) in [6, 6.07) is 9.48. The number of carbonyl (C=O) groups is 1. The Morgan fingerprint density at radius 1 is 1.31 bits per heavy atom. The zero-order valence-electron chi connectivity index (χ0n) is 15.0. The fourth-order valence-corrected chi connectivity index (χ4v) is 3.10. The predicted octanol–water partition coefficient (Wildman–Crippen LogP) is 1.87. The zero-order chi connectivity index (χ0) is 18.5. The number of aliphatic hydroxyl groups is 1. The van der Waals surface area contributed by atoms with E-state index in [4.69, 9.17) is 4.74 Å². The van der Waals surface area contributed by atoms with Crippen molar-refractivity contribution in [1.29, 1.82) is 0 Å². The molecule has 2 N–H and O–H groups in total. The number of anilines is 1. The van der Waals surface area contributed by atoms with Crippen LogP contribution in [0.3, 0.4) is 0 Å². The Balaban J connectivity index is 1.86. The molecule has 1 saturated heterocycles. The lowest BCUT2D eigenvalue weighted by Crippen LogP contribution is -2.49. The largest absolute Gasteiger partial charge is 0.394 e. The molecule has 1 aromatic carbocycles. The van der Waals surface area contributed by atoms with Crippen molar-refractivity contribution in [3.8, 4) is 0 Å². The Kier molecular flexibility index (Phi) is 5.80. The summed E-state index contributed by atoms with van der Waals surface area (Å²) in [5.74, 6) is 0.322. The first kappa shape index (κ1) is 18.3. The standard InChI is InChI=1S/C19H24N4O3/c1-13(2)22-19-20-10-15(11-21-19)18(25)23-8-9-26-16(12-24)17(23)14-6-4-3-5-7-14/h3-7,10-11,13,16-17,24H,8-9,12H2,1-2H3,(H,20,21,22)/t16-,17-/m1/s1. The van der Waals surface area contributed by atoms with E-state index in [0.29, 0.717) is 24.7 Å². The van der Waals surface area contributed by atoms with Gasteiger partial charge in [-0.3, -0.25) is 4.79 Å². The number of hydrogen-bond acceptors (Lipinski definition) is 6. The number of aromatic nitrogens is 2. The van der Waals surface area contributed by atoms with E-state index in [1.54, 1.807) is 4.90 Å². The van der Waals surface area contributed by atoms with E-state index >= 15 is 0 Å². The molecule has 0 aliphatic carbocycles. The van der Waals surface area contributed by atoms with Crippen LogP contribution in [-0.2, 0) is 4.74 Å². The molecule has 1 aromatic heterocycles. The smallest absolute Gasteiger partial charge is 0.257 e. The van der Waals surface area contributed by atoms with Crippen molar-refractivity contribution >= 4 is 11.9 Å². The van der Waals surface area contributed by atoms with Gasteiger partial charge in [0.1, 0.15) is 6.10 Å². The van der Waals surface area contributed by atoms with Gasteiger partial charge in [0.15, 0.2) is 0 Å². The lowest BCUT2D eigenvalue weighted by atomic mass is 9.97. The third-order valence-electron chi connectivity index (χ3n) is 4.25. The van der Waals surface area contributed by atoms with Gasteiger partial charge in [-0.2, -0.15) is 0 Å². The van der Waals surface area contributed by atoms with E-state index in [1.807, 2.05) is 44.2 Å². The van der Waals surface area contributed by atoms with Gasteiger partial charge in [0, 0.05) is 25.0 Å². The summed E-state index contributed by atoms with van der Waals surface area (Å²) in [4.78, 5) is 23.2. The molecule has 0 unspecified atom stereocenters. The van der Waals surface area contributed by atoms with Crippen molar-refractivity contribution in [2.75, 3.05) is 25.1 Å². The molecule has 0 spiro atoms. The zero-order valence-corrected chi connectivity index (χ0v) is 15.0. The second kappa shape index (κ2) is 8.25. The van der Waals surface area contributed by atoms with Crippen LogP contribution in [0.5, 0.6) is 0 Å². The monoisotopic (exact) mass is 356 g/mol. The topological polar surface area (TPSA) is 87.6 Å². The van der Waals surface area contributed by atoms with Crippen LogP contribution in [0.4, 0.5) is 5.95 Å². The molecular weight excluding hydrogens is 332 g/mol. The van der Waals surface area contributed by atoms with E-state index in [9.17, 15) is 9.90 Å². The number of ether oxygens (including phenoxy) is 1. The number of amides is 1. The predicted molar refractivity (Wildman–Crippen MR) is 97.8 cm³/mol. The van der Waals surface area contributed by atoms with Crippen LogP contribution < -0.4 is 5.32 Å². The Bertz CT molecular complexity index is 721. The van der Waals surface area contributed by atoms with E-state index in [2.05, 4.69) is 15.3 Å². The lowest BCUT2D eigenvalue weighted by molar-refractivity contribution is -0.0811. The highest BCUT2D eigenvalue weighted by molar-refractivity contribution is 5.94. The average molecular weight is 356 g/mol. The van der Waals surface area contributed by atoms with E-state index in [-0.39, 0.29) is 24.6 Å². The molecule has 3 rings (SSSR count). The molecule has 7 heteroatoms. The van der Waals surface area contributed by atoms with Crippen LogP contribution in [0.2, 0.25) is 0 Å². The molecule has 2 heterocycles. The Labute approximate surface area is 153 Å². The maximum absolute atomic E-state index is 13.1. The third kappa shape index (κ3) is 4.00. The van der Waals surface area contributed by atoms with Gasteiger partial charge in [-0.25, -0.2) is 9.97 Å². The van der Waals surface area contributed by atoms with Crippen molar-refractivity contribution < 1.29 is 14.6 Å². The maximum Gasteiger partial charge on any atom is 0.257 e. The average Bonchev–Trinajstić information content (AvgIpc) is 2.67. The van der Waals surface area contributed by atoms with Crippen molar-refractivity contribution in [3.63, 3.8) is 0 Å². The second-order valence-electron chi connectivity index (χ2n) is 6.54. The highest BCUT2D eigenvalue weighted by Crippen LogP contribution is 2.30. The van der Waals surface area contributed by atoms with Gasteiger partial charge >= 0.3 is 0 Å². The number of aliphatic hydroxyl groups excluding tert-OH is 1. The SMILES string of the molecule is CC(C)Nc1ncc(C(=O)N2CCO[C@H](CO)[C@H]2c2ccccc2)cn1. The van der Waals surface area contributed by atoms with Crippen LogP contribution in [-0.4, -0.2) is 57.8 Å². The van der Waals surface area contributed by atoms with Gasteiger partial charge in [0.05, 0.1) is 24.8 Å². The summed E-state index contributed by atoms with van der Waals surface area (Å²) in [5, 5.41) is 12.8. The number of morpholine rings is 1. The summed E-state index contributed by atoms with van der Waals surface area (Å²) in [6.07, 6.45) is 2.61. The minimum absolute atomic E-state index is 0.156. The maximum atomic E-state index is 13.1. The van der Waals surface area contributed by atoms with Crippen LogP contribution >= 0.6 is 0 Å². The molecule has 1 aliphatic heterocycles. The highest BCUT2D eigenvalue weighted by Gasteiger charge is 2.36. The molecule has 0 radical (unpaired) electrons. The van der Waals surface area contributed by atoms with Gasteiger partial charge in [-0.15, -0.1) is 0 Å². The molecular formula is C19H24N4O3. The number of nitrogens with zero attached hydrogens (tertiary/aromatic N) is 3. The Morgan fingerprint density at radius 2 is 2.00 bits per heavy atom. The summed E-state index contributed by atoms with van der Waals surface area (Å²) in [7, 11) is 0. The molecule has 1 amide bonds. The molecule has 7 nitrogen and oxygen atoms in total. The van der Waals surface area contributed by atoms with Gasteiger partial charge in [-0.1, -0.05) is 30.3 Å². The quantitative estimate of drug-likeness (QED) is 0.850. The first-order valence-electron chi connectivity index (χ1n) is 8.77. The Morgan fingerprint density at radius 3 is 2.62 bits per heavy atom. The second-order valence-corrected chi connectivity index (χ2v) is 6.54. The van der Waals surface area contributed by atoms with Gasteiger partial charge < -0.3 is 20.1 Å². The first-order chi connectivity index (χ1) is 12.6. The minimum Gasteiger partial charge on any atom is -0.394 e. The van der Waals surface area contributed by atoms with Gasteiger partial charge in [0.25, 0.3) is 5.91 Å². The molecule has 2 atom stereocenters. The molecule has 1 fully saturated rings. The molecule has 1 aliphatic rings. The Hall–Kier alpha value is -2.51. The molecule has 0 saturated carbocycles. The first-order valence-corrected chi connectivity index (χ1v) is 8.77. The van der Waals surface area contributed by atoms with Crippen molar-refractivity contribution in [3.05, 3.63) is 53.9 Å². The summed E-state index contributed by atoms with van der Waals surface area (Å²) < 4.78 is 5.69. The molecule has 138 valence electrons. The van der Waals surface area contributed by atoms with Crippen molar-refractivity contribution in [2.45, 2.75) is 32.0 Å². The summed E-state index contributed by atoms with van der Waals surface area (Å²) >= 11 is 0. The van der Waals surface area contributed by atoms with E-state index in [0.717, 1.165) is 5.56 Å². The van der Waals surface area contributed by atoms with Crippen LogP contribution in [0, 0.1) is 0 Å². The van der Waals surface area contributed by atoms with E-state index < -0.39 is 6.10 Å². The molecule has 2 aromatic rings.